The minimum absolute atomic E-state index is 0.294. The summed E-state index contributed by atoms with van der Waals surface area (Å²) in [7, 11) is 0. The molecule has 2 atom stereocenters. The van der Waals surface area contributed by atoms with E-state index >= 15 is 0 Å². The van der Waals surface area contributed by atoms with Crippen molar-refractivity contribution < 1.29 is 19.4 Å². The van der Waals surface area contributed by atoms with Gasteiger partial charge >= 0.3 is 5.97 Å². The minimum Gasteiger partial charge on any atom is -0.494 e. The fourth-order valence-corrected chi connectivity index (χ4v) is 2.06. The molecule has 0 bridgehead atoms. The van der Waals surface area contributed by atoms with Gasteiger partial charge in [0.2, 0.25) is 0 Å². The maximum absolute atomic E-state index is 11.1. The molecule has 1 N–H and O–H groups in total. The van der Waals surface area contributed by atoms with Crippen molar-refractivity contribution in [2.24, 2.45) is 5.92 Å². The molecule has 1 aromatic carbocycles. The smallest absolute Gasteiger partial charge is 0.310 e. The lowest BCUT2D eigenvalue weighted by atomic mass is 9.91. The molecule has 0 spiro atoms. The Bertz CT molecular complexity index is 427. The monoisotopic (exact) mass is 236 g/mol. The molecule has 0 radical (unpaired) electrons. The third-order valence-electron chi connectivity index (χ3n) is 2.98. The van der Waals surface area contributed by atoms with Crippen molar-refractivity contribution in [2.75, 3.05) is 6.61 Å². The number of ether oxygens (including phenoxy) is 2. The number of aliphatic carboxylic acids is 1. The fraction of sp³-hybridized carbons (Fsp3) is 0.462. The molecule has 2 unspecified atom stereocenters. The lowest BCUT2D eigenvalue weighted by Crippen LogP contribution is -2.35. The number of hydrogen-bond acceptors (Lipinski definition) is 3. The quantitative estimate of drug-likeness (QED) is 0.873. The predicted octanol–water partition coefficient (Wildman–Crippen LogP) is 2.11. The second-order valence-corrected chi connectivity index (χ2v) is 4.17. The molecule has 4 heteroatoms. The maximum atomic E-state index is 11.1. The summed E-state index contributed by atoms with van der Waals surface area (Å²) in [4.78, 5) is 11.1. The average Bonchev–Trinajstić information content (AvgIpc) is 2.28. The first-order valence-corrected chi connectivity index (χ1v) is 5.77. The highest BCUT2D eigenvalue weighted by Crippen LogP contribution is 2.33. The normalized spacial score (nSPS) is 22.5. The molecule has 0 saturated carbocycles. The van der Waals surface area contributed by atoms with Gasteiger partial charge in [-0.25, -0.2) is 0 Å². The summed E-state index contributed by atoms with van der Waals surface area (Å²) in [5.41, 5.74) is 0.904. The van der Waals surface area contributed by atoms with E-state index in [1.807, 2.05) is 25.1 Å². The maximum Gasteiger partial charge on any atom is 0.310 e. The molecular formula is C13H16O4. The first-order chi connectivity index (χ1) is 8.11. The Hall–Kier alpha value is -1.71. The zero-order valence-electron chi connectivity index (χ0n) is 9.97. The van der Waals surface area contributed by atoms with E-state index in [2.05, 4.69) is 0 Å². The van der Waals surface area contributed by atoms with E-state index in [4.69, 9.17) is 14.6 Å². The van der Waals surface area contributed by atoms with E-state index < -0.39 is 11.9 Å². The Kier molecular flexibility index (Phi) is 3.22. The summed E-state index contributed by atoms with van der Waals surface area (Å²) < 4.78 is 11.0. The van der Waals surface area contributed by atoms with Crippen LogP contribution in [0.1, 0.15) is 19.4 Å². The third kappa shape index (κ3) is 2.35. The number of carbonyl (C=O) groups is 1. The van der Waals surface area contributed by atoms with Crippen molar-refractivity contribution in [1.82, 2.24) is 0 Å². The first kappa shape index (κ1) is 11.8. The summed E-state index contributed by atoms with van der Waals surface area (Å²) in [5, 5.41) is 9.10. The van der Waals surface area contributed by atoms with Gasteiger partial charge in [-0.3, -0.25) is 4.79 Å². The van der Waals surface area contributed by atoms with Crippen LogP contribution in [-0.2, 0) is 11.2 Å². The molecule has 1 aliphatic heterocycles. The molecule has 0 fully saturated rings. The van der Waals surface area contributed by atoms with Crippen molar-refractivity contribution in [3.05, 3.63) is 23.8 Å². The topological polar surface area (TPSA) is 55.8 Å². The van der Waals surface area contributed by atoms with Gasteiger partial charge in [0, 0.05) is 0 Å². The second-order valence-electron chi connectivity index (χ2n) is 4.17. The summed E-state index contributed by atoms with van der Waals surface area (Å²) in [6, 6.07) is 5.55. The summed E-state index contributed by atoms with van der Waals surface area (Å²) in [5.74, 6) is 0.219. The fourth-order valence-electron chi connectivity index (χ4n) is 2.06. The molecule has 0 aliphatic carbocycles. The molecular weight excluding hydrogens is 220 g/mol. The lowest BCUT2D eigenvalue weighted by Gasteiger charge is -2.29. The predicted molar refractivity (Wildman–Crippen MR) is 62.5 cm³/mol. The molecule has 0 amide bonds. The zero-order valence-corrected chi connectivity index (χ0v) is 9.97. The van der Waals surface area contributed by atoms with Crippen LogP contribution < -0.4 is 9.47 Å². The van der Waals surface area contributed by atoms with E-state index in [9.17, 15) is 4.79 Å². The number of benzene rings is 1. The van der Waals surface area contributed by atoms with E-state index in [1.54, 1.807) is 6.92 Å². The Balaban J connectivity index is 2.27. The average molecular weight is 236 g/mol. The molecule has 1 aromatic rings. The first-order valence-electron chi connectivity index (χ1n) is 5.77. The molecule has 4 nitrogen and oxygen atoms in total. The van der Waals surface area contributed by atoms with Gasteiger partial charge in [-0.15, -0.1) is 0 Å². The van der Waals surface area contributed by atoms with Crippen LogP contribution in [0.15, 0.2) is 18.2 Å². The van der Waals surface area contributed by atoms with Crippen molar-refractivity contribution in [3.63, 3.8) is 0 Å². The number of carboxylic acids is 1. The Morgan fingerprint density at radius 3 is 3.00 bits per heavy atom. The van der Waals surface area contributed by atoms with E-state index in [0.717, 1.165) is 17.1 Å². The summed E-state index contributed by atoms with van der Waals surface area (Å²) >= 11 is 0. The summed E-state index contributed by atoms with van der Waals surface area (Å²) in [6.07, 6.45) is 0.199. The SMILES string of the molecule is CCOc1ccc2c(c1)CC(C(=O)O)C(C)O2. The van der Waals surface area contributed by atoms with Gasteiger partial charge in [0.25, 0.3) is 0 Å². The number of rotatable bonds is 3. The van der Waals surface area contributed by atoms with Crippen molar-refractivity contribution in [1.29, 1.82) is 0 Å². The highest BCUT2D eigenvalue weighted by Gasteiger charge is 2.32. The van der Waals surface area contributed by atoms with Crippen molar-refractivity contribution >= 4 is 5.97 Å². The lowest BCUT2D eigenvalue weighted by molar-refractivity contribution is -0.145. The highest BCUT2D eigenvalue weighted by molar-refractivity contribution is 5.72. The Morgan fingerprint density at radius 2 is 2.35 bits per heavy atom. The second kappa shape index (κ2) is 4.65. The number of hydrogen-bond donors (Lipinski definition) is 1. The van der Waals surface area contributed by atoms with E-state index in [0.29, 0.717) is 13.0 Å². The van der Waals surface area contributed by atoms with Crippen molar-refractivity contribution in [2.45, 2.75) is 26.4 Å². The Labute approximate surface area is 100 Å². The number of carboxylic acid groups (broad SMARTS) is 1. The number of fused-ring (bicyclic) bond motifs is 1. The van der Waals surface area contributed by atoms with Gasteiger partial charge in [0.15, 0.2) is 0 Å². The Morgan fingerprint density at radius 1 is 1.59 bits per heavy atom. The molecule has 17 heavy (non-hydrogen) atoms. The standard InChI is InChI=1S/C13H16O4/c1-3-16-10-4-5-12-9(6-10)7-11(13(14)15)8(2)17-12/h4-6,8,11H,3,7H2,1-2H3,(H,14,15). The van der Waals surface area contributed by atoms with Gasteiger partial charge in [-0.2, -0.15) is 0 Å². The van der Waals surface area contributed by atoms with Gasteiger partial charge in [0.05, 0.1) is 12.5 Å². The molecule has 0 aromatic heterocycles. The van der Waals surface area contributed by atoms with Gasteiger partial charge in [-0.1, -0.05) is 0 Å². The van der Waals surface area contributed by atoms with Crippen LogP contribution >= 0.6 is 0 Å². The molecule has 2 rings (SSSR count). The molecule has 1 aliphatic rings. The van der Waals surface area contributed by atoms with E-state index in [-0.39, 0.29) is 6.10 Å². The van der Waals surface area contributed by atoms with Gasteiger partial charge in [0.1, 0.15) is 17.6 Å². The van der Waals surface area contributed by atoms with Crippen LogP contribution in [0.5, 0.6) is 11.5 Å². The summed E-state index contributed by atoms with van der Waals surface area (Å²) in [6.45, 7) is 4.30. The van der Waals surface area contributed by atoms with Crippen LogP contribution in [0.2, 0.25) is 0 Å². The highest BCUT2D eigenvalue weighted by atomic mass is 16.5. The van der Waals surface area contributed by atoms with Gasteiger partial charge in [-0.05, 0) is 44.0 Å². The molecule has 0 saturated heterocycles. The van der Waals surface area contributed by atoms with Gasteiger partial charge < -0.3 is 14.6 Å². The van der Waals surface area contributed by atoms with Crippen LogP contribution in [0, 0.1) is 5.92 Å². The van der Waals surface area contributed by atoms with Crippen LogP contribution in [-0.4, -0.2) is 23.8 Å². The molecule has 1 heterocycles. The van der Waals surface area contributed by atoms with Crippen LogP contribution in [0.25, 0.3) is 0 Å². The third-order valence-corrected chi connectivity index (χ3v) is 2.98. The van der Waals surface area contributed by atoms with Crippen molar-refractivity contribution in [3.8, 4) is 11.5 Å². The van der Waals surface area contributed by atoms with Crippen LogP contribution in [0.4, 0.5) is 0 Å². The zero-order chi connectivity index (χ0) is 12.4. The molecule has 92 valence electrons. The van der Waals surface area contributed by atoms with Crippen LogP contribution in [0.3, 0.4) is 0 Å². The van der Waals surface area contributed by atoms with E-state index in [1.165, 1.54) is 0 Å². The largest absolute Gasteiger partial charge is 0.494 e. The minimum atomic E-state index is -0.815.